The summed E-state index contributed by atoms with van der Waals surface area (Å²) in [6.07, 6.45) is 4.49. The molecule has 0 aliphatic carbocycles. The molecule has 0 spiro atoms. The average molecular weight is 355 g/mol. The molecule has 2 aromatic rings. The van der Waals surface area contributed by atoms with Crippen molar-refractivity contribution in [3.63, 3.8) is 0 Å². The zero-order chi connectivity index (χ0) is 18.8. The van der Waals surface area contributed by atoms with E-state index in [0.29, 0.717) is 5.56 Å². The van der Waals surface area contributed by atoms with E-state index in [-0.39, 0.29) is 5.91 Å². The lowest BCUT2D eigenvalue weighted by molar-refractivity contribution is 0.0755. The predicted octanol–water partition coefficient (Wildman–Crippen LogP) is 4.01. The van der Waals surface area contributed by atoms with Gasteiger partial charge in [0.05, 0.1) is 7.11 Å². The number of carbonyl (C=O) groups is 1. The van der Waals surface area contributed by atoms with Crippen molar-refractivity contribution >= 4 is 11.7 Å². The van der Waals surface area contributed by atoms with Crippen molar-refractivity contribution in [2.75, 3.05) is 32.1 Å². The highest BCUT2D eigenvalue weighted by Crippen LogP contribution is 2.13. The summed E-state index contributed by atoms with van der Waals surface area (Å²) in [7, 11) is 1.67. The minimum absolute atomic E-state index is 0.0781. The second-order valence-electron chi connectivity index (χ2n) is 6.25. The van der Waals surface area contributed by atoms with Crippen molar-refractivity contribution in [1.29, 1.82) is 0 Å². The molecule has 0 atom stereocenters. The van der Waals surface area contributed by atoms with E-state index in [1.54, 1.807) is 19.4 Å². The maximum atomic E-state index is 12.7. The highest BCUT2D eigenvalue weighted by molar-refractivity contribution is 5.94. The van der Waals surface area contributed by atoms with Gasteiger partial charge in [-0.2, -0.15) is 0 Å². The van der Waals surface area contributed by atoms with Crippen LogP contribution >= 0.6 is 0 Å². The van der Waals surface area contributed by atoms with Gasteiger partial charge in [0.15, 0.2) is 0 Å². The number of aromatic nitrogens is 1. The fraction of sp³-hybridized carbons (Fsp3) is 0.429. The van der Waals surface area contributed by atoms with Crippen LogP contribution in [0.5, 0.6) is 5.75 Å². The normalized spacial score (nSPS) is 10.4. The van der Waals surface area contributed by atoms with Gasteiger partial charge in [0.25, 0.3) is 5.91 Å². The summed E-state index contributed by atoms with van der Waals surface area (Å²) in [5.41, 5.74) is 1.91. The van der Waals surface area contributed by atoms with Crippen LogP contribution in [0.3, 0.4) is 0 Å². The number of carbonyl (C=O) groups excluding carboxylic acids is 1. The number of benzene rings is 1. The number of ether oxygens (including phenoxy) is 1. The molecule has 0 saturated heterocycles. The third-order valence-corrected chi connectivity index (χ3v) is 4.16. The number of nitrogens with zero attached hydrogens (tertiary/aromatic N) is 2. The van der Waals surface area contributed by atoms with Gasteiger partial charge in [0.1, 0.15) is 11.6 Å². The summed E-state index contributed by atoms with van der Waals surface area (Å²) in [6.45, 7) is 6.51. The lowest BCUT2D eigenvalue weighted by Crippen LogP contribution is -2.32. The molecule has 0 radical (unpaired) electrons. The first kappa shape index (κ1) is 19.8. The topological polar surface area (TPSA) is 54.5 Å². The van der Waals surface area contributed by atoms with E-state index in [0.717, 1.165) is 50.5 Å². The number of rotatable bonds is 10. The molecule has 5 heteroatoms. The number of methoxy groups -OCH3 is 1. The van der Waals surface area contributed by atoms with Gasteiger partial charge in [-0.1, -0.05) is 26.0 Å². The standard InChI is InChI=1S/C21H29N3O2/c1-4-14-24(15-5-2)21(25)18-11-13-23-20(16-18)22-12-10-17-6-8-19(26-3)9-7-17/h6-9,11,13,16H,4-5,10,12,14-15H2,1-3H3,(H,22,23). The molecule has 0 aliphatic heterocycles. The third kappa shape index (κ3) is 5.76. The van der Waals surface area contributed by atoms with Crippen LogP contribution in [0.25, 0.3) is 0 Å². The number of hydrogen-bond donors (Lipinski definition) is 1. The summed E-state index contributed by atoms with van der Waals surface area (Å²) < 4.78 is 5.17. The van der Waals surface area contributed by atoms with E-state index in [1.807, 2.05) is 23.1 Å². The Hall–Kier alpha value is -2.56. The molecule has 1 amide bonds. The third-order valence-electron chi connectivity index (χ3n) is 4.16. The molecule has 0 bridgehead atoms. The van der Waals surface area contributed by atoms with Gasteiger partial charge in [0, 0.05) is 31.4 Å². The fourth-order valence-corrected chi connectivity index (χ4v) is 2.82. The van der Waals surface area contributed by atoms with Crippen LogP contribution in [-0.4, -0.2) is 42.5 Å². The molecule has 140 valence electrons. The van der Waals surface area contributed by atoms with E-state index in [9.17, 15) is 4.79 Å². The average Bonchev–Trinajstić information content (AvgIpc) is 2.68. The molecular formula is C21H29N3O2. The highest BCUT2D eigenvalue weighted by Gasteiger charge is 2.14. The smallest absolute Gasteiger partial charge is 0.254 e. The Morgan fingerprint density at radius 1 is 1.12 bits per heavy atom. The number of pyridine rings is 1. The predicted molar refractivity (Wildman–Crippen MR) is 106 cm³/mol. The Morgan fingerprint density at radius 3 is 2.42 bits per heavy atom. The summed E-state index contributed by atoms with van der Waals surface area (Å²) in [5.74, 6) is 1.67. The van der Waals surface area contributed by atoms with Gasteiger partial charge >= 0.3 is 0 Å². The molecule has 0 saturated carbocycles. The molecule has 2 rings (SSSR count). The summed E-state index contributed by atoms with van der Waals surface area (Å²) in [4.78, 5) is 18.9. The molecule has 1 heterocycles. The zero-order valence-electron chi connectivity index (χ0n) is 16.0. The maximum absolute atomic E-state index is 12.7. The van der Waals surface area contributed by atoms with Crippen LogP contribution in [0, 0.1) is 0 Å². The molecule has 0 unspecified atom stereocenters. The van der Waals surface area contributed by atoms with Crippen molar-refractivity contribution in [2.45, 2.75) is 33.1 Å². The zero-order valence-corrected chi connectivity index (χ0v) is 16.0. The van der Waals surface area contributed by atoms with Crippen molar-refractivity contribution in [3.05, 3.63) is 53.7 Å². The Morgan fingerprint density at radius 2 is 1.81 bits per heavy atom. The first-order valence-corrected chi connectivity index (χ1v) is 9.30. The van der Waals surface area contributed by atoms with Crippen LogP contribution in [-0.2, 0) is 6.42 Å². The van der Waals surface area contributed by atoms with Crippen molar-refractivity contribution in [3.8, 4) is 5.75 Å². The maximum Gasteiger partial charge on any atom is 0.254 e. The summed E-state index contributed by atoms with van der Waals surface area (Å²) >= 11 is 0. The molecule has 1 aromatic heterocycles. The highest BCUT2D eigenvalue weighted by atomic mass is 16.5. The number of hydrogen-bond acceptors (Lipinski definition) is 4. The van der Waals surface area contributed by atoms with Gasteiger partial charge in [-0.05, 0) is 49.1 Å². The first-order chi connectivity index (χ1) is 12.7. The van der Waals surface area contributed by atoms with Crippen LogP contribution in [0.15, 0.2) is 42.6 Å². The van der Waals surface area contributed by atoms with Gasteiger partial charge < -0.3 is 15.0 Å². The second kappa shape index (κ2) is 10.4. The summed E-state index contributed by atoms with van der Waals surface area (Å²) in [6, 6.07) is 11.7. The number of amides is 1. The quantitative estimate of drug-likeness (QED) is 0.700. The Labute approximate surface area is 156 Å². The molecular weight excluding hydrogens is 326 g/mol. The minimum Gasteiger partial charge on any atom is -0.497 e. The van der Waals surface area contributed by atoms with Gasteiger partial charge in [-0.15, -0.1) is 0 Å². The molecule has 1 aromatic carbocycles. The minimum atomic E-state index is 0.0781. The number of anilines is 1. The largest absolute Gasteiger partial charge is 0.497 e. The van der Waals surface area contributed by atoms with Crippen LogP contribution < -0.4 is 10.1 Å². The lowest BCUT2D eigenvalue weighted by atomic mass is 10.1. The number of nitrogens with one attached hydrogen (secondary N) is 1. The molecule has 26 heavy (non-hydrogen) atoms. The lowest BCUT2D eigenvalue weighted by Gasteiger charge is -2.21. The van der Waals surface area contributed by atoms with E-state index in [2.05, 4.69) is 36.3 Å². The molecule has 5 nitrogen and oxygen atoms in total. The molecule has 1 N–H and O–H groups in total. The first-order valence-electron chi connectivity index (χ1n) is 9.30. The van der Waals surface area contributed by atoms with Crippen LogP contribution in [0.4, 0.5) is 5.82 Å². The van der Waals surface area contributed by atoms with Gasteiger partial charge in [0.2, 0.25) is 0 Å². The van der Waals surface area contributed by atoms with Crippen molar-refractivity contribution < 1.29 is 9.53 Å². The molecule has 0 aliphatic rings. The van der Waals surface area contributed by atoms with Gasteiger partial charge in [-0.25, -0.2) is 4.98 Å². The SMILES string of the molecule is CCCN(CCC)C(=O)c1ccnc(NCCc2ccc(OC)cc2)c1. The summed E-state index contributed by atoms with van der Waals surface area (Å²) in [5, 5.41) is 3.31. The van der Waals surface area contributed by atoms with Gasteiger partial charge in [-0.3, -0.25) is 4.79 Å². The Bertz CT molecular complexity index is 680. The van der Waals surface area contributed by atoms with Crippen LogP contribution in [0.2, 0.25) is 0 Å². The van der Waals surface area contributed by atoms with E-state index >= 15 is 0 Å². The Balaban J connectivity index is 1.94. The second-order valence-corrected chi connectivity index (χ2v) is 6.25. The van der Waals surface area contributed by atoms with Crippen molar-refractivity contribution in [1.82, 2.24) is 9.88 Å². The van der Waals surface area contributed by atoms with E-state index in [1.165, 1.54) is 5.56 Å². The van der Waals surface area contributed by atoms with Crippen LogP contribution in [0.1, 0.15) is 42.6 Å². The Kier molecular flexibility index (Phi) is 7.93. The fourth-order valence-electron chi connectivity index (χ4n) is 2.82. The monoisotopic (exact) mass is 355 g/mol. The van der Waals surface area contributed by atoms with Crippen molar-refractivity contribution in [2.24, 2.45) is 0 Å². The molecule has 0 fully saturated rings. The van der Waals surface area contributed by atoms with E-state index < -0.39 is 0 Å². The van der Waals surface area contributed by atoms with E-state index in [4.69, 9.17) is 4.74 Å².